The minimum absolute atomic E-state index is 0.0390. The van der Waals surface area contributed by atoms with Gasteiger partial charge in [0, 0.05) is 24.3 Å². The van der Waals surface area contributed by atoms with Gasteiger partial charge in [0.2, 0.25) is 5.91 Å². The van der Waals surface area contributed by atoms with Crippen LogP contribution in [0.1, 0.15) is 12.5 Å². The van der Waals surface area contributed by atoms with Crippen molar-refractivity contribution in [3.63, 3.8) is 0 Å². The van der Waals surface area contributed by atoms with E-state index in [9.17, 15) is 4.79 Å². The lowest BCUT2D eigenvalue weighted by molar-refractivity contribution is -0.123. The Kier molecular flexibility index (Phi) is 6.02. The third kappa shape index (κ3) is 5.57. The molecule has 0 saturated carbocycles. The van der Waals surface area contributed by atoms with E-state index in [0.717, 1.165) is 10.2 Å². The number of benzene rings is 1. The summed E-state index contributed by atoms with van der Waals surface area (Å²) in [5.74, 6) is 0.882. The van der Waals surface area contributed by atoms with Crippen LogP contribution in [0.25, 0.3) is 0 Å². The van der Waals surface area contributed by atoms with Gasteiger partial charge in [-0.25, -0.2) is 5.01 Å². The second-order valence-electron chi connectivity index (χ2n) is 3.95. The van der Waals surface area contributed by atoms with Gasteiger partial charge in [-0.1, -0.05) is 28.1 Å². The summed E-state index contributed by atoms with van der Waals surface area (Å²) in [5.41, 5.74) is 3.98. The SMILES string of the molecule is C[C@H](SCc1ccc(Br)cc1)C(=O)NN(C)C. The fourth-order valence-corrected chi connectivity index (χ4v) is 2.29. The fraction of sp³-hybridized carbons (Fsp3) is 0.417. The van der Waals surface area contributed by atoms with Crippen LogP contribution in [0.3, 0.4) is 0 Å². The summed E-state index contributed by atoms with van der Waals surface area (Å²) in [6.45, 7) is 1.92. The summed E-state index contributed by atoms with van der Waals surface area (Å²) in [6.07, 6.45) is 0. The van der Waals surface area contributed by atoms with Crippen LogP contribution in [0.15, 0.2) is 28.7 Å². The molecule has 17 heavy (non-hydrogen) atoms. The van der Waals surface area contributed by atoms with Crippen LogP contribution in [0, 0.1) is 0 Å². The number of carbonyl (C=O) groups is 1. The molecule has 1 N–H and O–H groups in total. The Morgan fingerprint density at radius 2 is 2.00 bits per heavy atom. The molecule has 0 aliphatic rings. The zero-order valence-electron chi connectivity index (χ0n) is 10.2. The van der Waals surface area contributed by atoms with Gasteiger partial charge in [0.1, 0.15) is 0 Å². The smallest absolute Gasteiger partial charge is 0.247 e. The van der Waals surface area contributed by atoms with Crippen molar-refractivity contribution in [2.45, 2.75) is 17.9 Å². The van der Waals surface area contributed by atoms with Crippen LogP contribution in [-0.4, -0.2) is 30.3 Å². The second kappa shape index (κ2) is 7.03. The number of hydrogen-bond acceptors (Lipinski definition) is 3. The molecule has 1 rings (SSSR count). The molecular formula is C12H17BrN2OS. The molecule has 0 bridgehead atoms. The van der Waals surface area contributed by atoms with Gasteiger partial charge >= 0.3 is 0 Å². The minimum atomic E-state index is -0.0546. The van der Waals surface area contributed by atoms with Crippen LogP contribution in [0.2, 0.25) is 0 Å². The van der Waals surface area contributed by atoms with Gasteiger partial charge in [0.15, 0.2) is 0 Å². The molecule has 0 fully saturated rings. The van der Waals surface area contributed by atoms with Gasteiger partial charge in [-0.15, -0.1) is 11.8 Å². The lowest BCUT2D eigenvalue weighted by atomic mass is 10.2. The average molecular weight is 317 g/mol. The molecule has 0 unspecified atom stereocenters. The maximum Gasteiger partial charge on any atom is 0.247 e. The first-order valence-electron chi connectivity index (χ1n) is 5.33. The molecule has 0 heterocycles. The number of nitrogens with one attached hydrogen (secondary N) is 1. The molecule has 1 aromatic carbocycles. The number of thioether (sulfide) groups is 1. The van der Waals surface area contributed by atoms with E-state index < -0.39 is 0 Å². The molecule has 0 aliphatic heterocycles. The fourth-order valence-electron chi connectivity index (χ4n) is 1.19. The molecular weight excluding hydrogens is 300 g/mol. The number of hydrazine groups is 1. The number of halogens is 1. The van der Waals surface area contributed by atoms with Gasteiger partial charge in [-0.3, -0.25) is 10.2 Å². The molecule has 0 aromatic heterocycles. The number of amides is 1. The van der Waals surface area contributed by atoms with Crippen LogP contribution < -0.4 is 5.43 Å². The van der Waals surface area contributed by atoms with E-state index in [1.807, 2.05) is 33.2 Å². The zero-order valence-corrected chi connectivity index (χ0v) is 12.6. The van der Waals surface area contributed by atoms with Crippen molar-refractivity contribution in [3.8, 4) is 0 Å². The van der Waals surface area contributed by atoms with Crippen molar-refractivity contribution in [3.05, 3.63) is 34.3 Å². The third-order valence-corrected chi connectivity index (χ3v) is 3.86. The molecule has 94 valence electrons. The maximum atomic E-state index is 11.6. The highest BCUT2D eigenvalue weighted by Crippen LogP contribution is 2.19. The highest BCUT2D eigenvalue weighted by molar-refractivity contribution is 9.10. The summed E-state index contributed by atoms with van der Waals surface area (Å²) >= 11 is 5.03. The lowest BCUT2D eigenvalue weighted by Crippen LogP contribution is -2.40. The monoisotopic (exact) mass is 316 g/mol. The van der Waals surface area contributed by atoms with Crippen molar-refractivity contribution in [1.29, 1.82) is 0 Å². The normalized spacial score (nSPS) is 12.5. The Labute approximate surface area is 115 Å². The van der Waals surface area contributed by atoms with Gasteiger partial charge in [0.25, 0.3) is 0 Å². The van der Waals surface area contributed by atoms with Crippen LogP contribution in [-0.2, 0) is 10.5 Å². The Morgan fingerprint density at radius 1 is 1.41 bits per heavy atom. The quantitative estimate of drug-likeness (QED) is 0.848. The molecule has 0 radical (unpaired) electrons. The molecule has 1 atom stereocenters. The molecule has 1 aromatic rings. The average Bonchev–Trinajstić information content (AvgIpc) is 2.27. The highest BCUT2D eigenvalue weighted by atomic mass is 79.9. The summed E-state index contributed by atoms with van der Waals surface area (Å²) in [6, 6.07) is 8.15. The van der Waals surface area contributed by atoms with E-state index >= 15 is 0 Å². The summed E-state index contributed by atoms with van der Waals surface area (Å²) in [7, 11) is 3.62. The summed E-state index contributed by atoms with van der Waals surface area (Å²) in [5, 5.41) is 1.61. The standard InChI is InChI=1S/C12H17BrN2OS/c1-9(12(16)14-15(2)3)17-8-10-4-6-11(13)7-5-10/h4-7,9H,8H2,1-3H3,(H,14,16)/t9-/m0/s1. The van der Waals surface area contributed by atoms with E-state index in [4.69, 9.17) is 0 Å². The summed E-state index contributed by atoms with van der Waals surface area (Å²) in [4.78, 5) is 11.6. The van der Waals surface area contributed by atoms with Crippen LogP contribution in [0.5, 0.6) is 0 Å². The Bertz CT molecular complexity index is 367. The van der Waals surface area contributed by atoms with E-state index in [1.54, 1.807) is 16.8 Å². The molecule has 0 saturated heterocycles. The van der Waals surface area contributed by atoms with Crippen molar-refractivity contribution in [2.24, 2.45) is 0 Å². The third-order valence-electron chi connectivity index (χ3n) is 2.12. The first-order chi connectivity index (χ1) is 7.99. The molecule has 1 amide bonds. The first kappa shape index (κ1) is 14.5. The number of rotatable bonds is 5. The topological polar surface area (TPSA) is 32.3 Å². The predicted octanol–water partition coefficient (Wildman–Crippen LogP) is 2.66. The van der Waals surface area contributed by atoms with E-state index in [2.05, 4.69) is 33.5 Å². The Morgan fingerprint density at radius 3 is 2.53 bits per heavy atom. The molecule has 5 heteroatoms. The largest absolute Gasteiger partial charge is 0.288 e. The van der Waals surface area contributed by atoms with Crippen LogP contribution in [0.4, 0.5) is 0 Å². The number of hydrogen-bond donors (Lipinski definition) is 1. The number of carbonyl (C=O) groups excluding carboxylic acids is 1. The van der Waals surface area contributed by atoms with E-state index in [0.29, 0.717) is 0 Å². The lowest BCUT2D eigenvalue weighted by Gasteiger charge is -2.16. The first-order valence-corrected chi connectivity index (χ1v) is 7.17. The molecule has 0 spiro atoms. The van der Waals surface area contributed by atoms with Gasteiger partial charge in [-0.2, -0.15) is 0 Å². The number of nitrogens with zero attached hydrogens (tertiary/aromatic N) is 1. The highest BCUT2D eigenvalue weighted by Gasteiger charge is 2.13. The molecule has 0 aliphatic carbocycles. The predicted molar refractivity (Wildman–Crippen MR) is 76.7 cm³/mol. The Hall–Kier alpha value is -0.520. The maximum absolute atomic E-state index is 11.6. The van der Waals surface area contributed by atoms with Crippen LogP contribution >= 0.6 is 27.7 Å². The second-order valence-corrected chi connectivity index (χ2v) is 6.19. The van der Waals surface area contributed by atoms with Crippen molar-refractivity contribution >= 4 is 33.6 Å². The van der Waals surface area contributed by atoms with Crippen molar-refractivity contribution in [1.82, 2.24) is 10.4 Å². The van der Waals surface area contributed by atoms with Gasteiger partial charge in [-0.05, 0) is 24.6 Å². The molecule has 3 nitrogen and oxygen atoms in total. The van der Waals surface area contributed by atoms with Crippen molar-refractivity contribution in [2.75, 3.05) is 14.1 Å². The Balaban J connectivity index is 2.40. The zero-order chi connectivity index (χ0) is 12.8. The van der Waals surface area contributed by atoms with Crippen molar-refractivity contribution < 1.29 is 4.79 Å². The van der Waals surface area contributed by atoms with Gasteiger partial charge in [0.05, 0.1) is 5.25 Å². The minimum Gasteiger partial charge on any atom is -0.288 e. The summed E-state index contributed by atoms with van der Waals surface area (Å²) < 4.78 is 1.07. The van der Waals surface area contributed by atoms with E-state index in [1.165, 1.54) is 5.56 Å². The van der Waals surface area contributed by atoms with E-state index in [-0.39, 0.29) is 11.2 Å². The van der Waals surface area contributed by atoms with Gasteiger partial charge < -0.3 is 0 Å².